The lowest BCUT2D eigenvalue weighted by Gasteiger charge is -2.11. The summed E-state index contributed by atoms with van der Waals surface area (Å²) < 4.78 is 30.4. The summed E-state index contributed by atoms with van der Waals surface area (Å²) in [6, 6.07) is 4.59. The van der Waals surface area contributed by atoms with E-state index in [1.54, 1.807) is 12.1 Å². The number of benzene rings is 1. The third-order valence-electron chi connectivity index (χ3n) is 2.58. The summed E-state index contributed by atoms with van der Waals surface area (Å²) >= 11 is 0. The van der Waals surface area contributed by atoms with Crippen molar-refractivity contribution in [2.24, 2.45) is 5.73 Å². The molecule has 0 aliphatic carbocycles. The van der Waals surface area contributed by atoms with Crippen LogP contribution < -0.4 is 10.5 Å². The van der Waals surface area contributed by atoms with Gasteiger partial charge < -0.3 is 10.5 Å². The minimum atomic E-state index is -1.10. The first-order valence-corrected chi connectivity index (χ1v) is 6.86. The molecule has 0 spiro atoms. The molecule has 0 aliphatic rings. The van der Waals surface area contributed by atoms with Gasteiger partial charge in [0.1, 0.15) is 11.6 Å². The van der Waals surface area contributed by atoms with E-state index in [1.165, 1.54) is 13.2 Å². The van der Waals surface area contributed by atoms with Crippen LogP contribution in [-0.2, 0) is 16.6 Å². The smallest absolute Gasteiger partial charge is 0.131 e. The molecule has 2 N–H and O–H groups in total. The zero-order chi connectivity index (χ0) is 12.8. The molecule has 5 heteroatoms. The monoisotopic (exact) mass is 259 g/mol. The first kappa shape index (κ1) is 14.1. The van der Waals surface area contributed by atoms with Crippen molar-refractivity contribution in [3.05, 3.63) is 29.6 Å². The summed E-state index contributed by atoms with van der Waals surface area (Å²) in [5.41, 5.74) is 5.86. The predicted molar refractivity (Wildman–Crippen MR) is 67.9 cm³/mol. The molecule has 0 bridgehead atoms. The fourth-order valence-electron chi connectivity index (χ4n) is 1.43. The van der Waals surface area contributed by atoms with Crippen molar-refractivity contribution in [1.29, 1.82) is 0 Å². The van der Waals surface area contributed by atoms with E-state index < -0.39 is 10.8 Å². The molecule has 0 aromatic heterocycles. The lowest BCUT2D eigenvalue weighted by molar-refractivity contribution is 0.411. The normalized spacial score (nSPS) is 14.4. The number of halogens is 1. The standard InChI is InChI=1S/C12H18FNO2S/c1-9(5-6-14)17(15)8-10-3-4-11(16-2)7-12(10)13/h3-4,7,9H,5-6,8,14H2,1-2H3. The third kappa shape index (κ3) is 4.09. The molecule has 17 heavy (non-hydrogen) atoms. The van der Waals surface area contributed by atoms with E-state index in [9.17, 15) is 8.60 Å². The van der Waals surface area contributed by atoms with Gasteiger partial charge in [0, 0.05) is 27.7 Å². The van der Waals surface area contributed by atoms with Crippen LogP contribution in [0.15, 0.2) is 18.2 Å². The first-order valence-electron chi connectivity index (χ1n) is 5.48. The summed E-state index contributed by atoms with van der Waals surface area (Å²) in [6.07, 6.45) is 0.685. The van der Waals surface area contributed by atoms with E-state index in [2.05, 4.69) is 0 Å². The van der Waals surface area contributed by atoms with Crippen LogP contribution in [0, 0.1) is 5.82 Å². The van der Waals surface area contributed by atoms with E-state index in [1.807, 2.05) is 6.92 Å². The first-order chi connectivity index (χ1) is 8.08. The highest BCUT2D eigenvalue weighted by Gasteiger charge is 2.13. The molecule has 0 amide bonds. The van der Waals surface area contributed by atoms with Crippen LogP contribution in [0.4, 0.5) is 4.39 Å². The van der Waals surface area contributed by atoms with Gasteiger partial charge in [0.05, 0.1) is 12.9 Å². The Labute approximate surface area is 104 Å². The molecule has 0 fully saturated rings. The highest BCUT2D eigenvalue weighted by atomic mass is 32.2. The van der Waals surface area contributed by atoms with Gasteiger partial charge in [0.2, 0.25) is 0 Å². The topological polar surface area (TPSA) is 52.3 Å². The van der Waals surface area contributed by atoms with Gasteiger partial charge >= 0.3 is 0 Å². The number of hydrogen-bond donors (Lipinski definition) is 1. The Balaban J connectivity index is 2.71. The Morgan fingerprint density at radius 3 is 2.76 bits per heavy atom. The van der Waals surface area contributed by atoms with Gasteiger partial charge in [0.25, 0.3) is 0 Å². The lowest BCUT2D eigenvalue weighted by Crippen LogP contribution is -2.17. The van der Waals surface area contributed by atoms with E-state index in [4.69, 9.17) is 10.5 Å². The molecule has 1 rings (SSSR count). The predicted octanol–water partition coefficient (Wildman–Crippen LogP) is 1.82. The van der Waals surface area contributed by atoms with E-state index in [-0.39, 0.29) is 16.8 Å². The molecule has 0 heterocycles. The van der Waals surface area contributed by atoms with Gasteiger partial charge in [-0.2, -0.15) is 0 Å². The van der Waals surface area contributed by atoms with Crippen LogP contribution in [0.3, 0.4) is 0 Å². The van der Waals surface area contributed by atoms with Crippen molar-refractivity contribution in [3.8, 4) is 5.75 Å². The van der Waals surface area contributed by atoms with Gasteiger partial charge in [-0.1, -0.05) is 13.0 Å². The molecule has 0 aliphatic heterocycles. The minimum absolute atomic E-state index is 0.0125. The molecule has 2 atom stereocenters. The summed E-state index contributed by atoms with van der Waals surface area (Å²) in [4.78, 5) is 0. The highest BCUT2D eigenvalue weighted by molar-refractivity contribution is 7.84. The van der Waals surface area contributed by atoms with Crippen molar-refractivity contribution in [2.75, 3.05) is 13.7 Å². The molecular formula is C12H18FNO2S. The number of methoxy groups -OCH3 is 1. The average Bonchev–Trinajstić information content (AvgIpc) is 2.31. The minimum Gasteiger partial charge on any atom is -0.497 e. The fourth-order valence-corrected chi connectivity index (χ4v) is 2.66. The van der Waals surface area contributed by atoms with Crippen LogP contribution in [-0.4, -0.2) is 23.1 Å². The maximum atomic E-state index is 13.6. The molecule has 1 aromatic carbocycles. The fraction of sp³-hybridized carbons (Fsp3) is 0.500. The Morgan fingerprint density at radius 2 is 2.24 bits per heavy atom. The highest BCUT2D eigenvalue weighted by Crippen LogP contribution is 2.18. The Kier molecular flexibility index (Phi) is 5.58. The van der Waals surface area contributed by atoms with Gasteiger partial charge in [-0.25, -0.2) is 4.39 Å². The maximum Gasteiger partial charge on any atom is 0.131 e. The van der Waals surface area contributed by atoms with Crippen LogP contribution in [0.2, 0.25) is 0 Å². The molecule has 0 radical (unpaired) electrons. The van der Waals surface area contributed by atoms with E-state index in [0.717, 1.165) is 0 Å². The number of ether oxygens (including phenoxy) is 1. The average molecular weight is 259 g/mol. The molecule has 3 nitrogen and oxygen atoms in total. The van der Waals surface area contributed by atoms with Crippen LogP contribution in [0.5, 0.6) is 5.75 Å². The van der Waals surface area contributed by atoms with Crippen LogP contribution in [0.25, 0.3) is 0 Å². The molecule has 1 aromatic rings. The van der Waals surface area contributed by atoms with Crippen molar-refractivity contribution in [3.63, 3.8) is 0 Å². The number of rotatable bonds is 6. The zero-order valence-corrected chi connectivity index (χ0v) is 10.9. The SMILES string of the molecule is COc1ccc(CS(=O)C(C)CCN)c(F)c1. The Hall–Kier alpha value is -0.940. The maximum absolute atomic E-state index is 13.6. The van der Waals surface area contributed by atoms with E-state index in [0.29, 0.717) is 24.3 Å². The van der Waals surface area contributed by atoms with Crippen LogP contribution in [0.1, 0.15) is 18.9 Å². The largest absolute Gasteiger partial charge is 0.497 e. The Morgan fingerprint density at radius 1 is 1.53 bits per heavy atom. The molecule has 0 saturated heterocycles. The number of nitrogens with two attached hydrogens (primary N) is 1. The quantitative estimate of drug-likeness (QED) is 0.848. The molecular weight excluding hydrogens is 241 g/mol. The van der Waals surface area contributed by atoms with Gasteiger partial charge in [-0.05, 0) is 19.0 Å². The second-order valence-corrected chi connectivity index (χ2v) is 5.73. The zero-order valence-electron chi connectivity index (χ0n) is 10.1. The molecule has 96 valence electrons. The second kappa shape index (κ2) is 6.71. The molecule has 2 unspecified atom stereocenters. The van der Waals surface area contributed by atoms with Gasteiger partial charge in [-0.15, -0.1) is 0 Å². The van der Waals surface area contributed by atoms with Crippen molar-refractivity contribution in [2.45, 2.75) is 24.3 Å². The number of hydrogen-bond acceptors (Lipinski definition) is 3. The third-order valence-corrected chi connectivity index (χ3v) is 4.31. The Bertz CT molecular complexity index is 398. The van der Waals surface area contributed by atoms with Crippen LogP contribution >= 0.6 is 0 Å². The lowest BCUT2D eigenvalue weighted by atomic mass is 10.2. The van der Waals surface area contributed by atoms with Crippen molar-refractivity contribution >= 4 is 10.8 Å². The summed E-state index contributed by atoms with van der Waals surface area (Å²) in [5, 5.41) is -0.0125. The van der Waals surface area contributed by atoms with Gasteiger partial charge in [0.15, 0.2) is 0 Å². The molecule has 0 saturated carbocycles. The van der Waals surface area contributed by atoms with Crippen molar-refractivity contribution in [1.82, 2.24) is 0 Å². The van der Waals surface area contributed by atoms with Crippen molar-refractivity contribution < 1.29 is 13.3 Å². The summed E-state index contributed by atoms with van der Waals surface area (Å²) in [6.45, 7) is 2.36. The summed E-state index contributed by atoms with van der Waals surface area (Å²) in [5.74, 6) is 0.307. The summed E-state index contributed by atoms with van der Waals surface area (Å²) in [7, 11) is 0.387. The van der Waals surface area contributed by atoms with Gasteiger partial charge in [-0.3, -0.25) is 4.21 Å². The van der Waals surface area contributed by atoms with E-state index >= 15 is 0 Å². The second-order valence-electron chi connectivity index (χ2n) is 3.87.